The van der Waals surface area contributed by atoms with Gasteiger partial charge < -0.3 is 10.2 Å². The molecule has 11 heteroatoms. The van der Waals surface area contributed by atoms with Crippen LogP contribution in [0.2, 0.25) is 0 Å². The van der Waals surface area contributed by atoms with Crippen LogP contribution in [0.3, 0.4) is 0 Å². The molecule has 36 heavy (non-hydrogen) atoms. The minimum Gasteiger partial charge on any atom is -0.342 e. The zero-order valence-corrected chi connectivity index (χ0v) is 19.6. The molecule has 4 amide bonds. The largest absolute Gasteiger partial charge is 0.342 e. The molecule has 10 nitrogen and oxygen atoms in total. The highest BCUT2D eigenvalue weighted by molar-refractivity contribution is 6.05. The Morgan fingerprint density at radius 2 is 1.97 bits per heavy atom. The topological polar surface area (TPSA) is 126 Å². The van der Waals surface area contributed by atoms with Crippen LogP contribution >= 0.6 is 0 Å². The maximum absolute atomic E-state index is 13.6. The molecular weight excluding hydrogens is 467 g/mol. The van der Waals surface area contributed by atoms with Crippen LogP contribution in [-0.4, -0.2) is 49.6 Å². The summed E-state index contributed by atoms with van der Waals surface area (Å²) in [5.41, 5.74) is 1.58. The lowest BCUT2D eigenvalue weighted by molar-refractivity contribution is -0.136. The number of carbonyl (C=O) groups is 4. The van der Waals surface area contributed by atoms with Gasteiger partial charge in [-0.1, -0.05) is 17.3 Å². The van der Waals surface area contributed by atoms with Gasteiger partial charge in [-0.15, -0.1) is 5.10 Å². The number of rotatable bonds is 5. The number of halogens is 1. The van der Waals surface area contributed by atoms with E-state index in [9.17, 15) is 23.6 Å². The molecule has 5 rings (SSSR count). The summed E-state index contributed by atoms with van der Waals surface area (Å²) in [4.78, 5) is 50.9. The summed E-state index contributed by atoms with van der Waals surface area (Å²) >= 11 is 0. The molecule has 0 spiro atoms. The number of nitrogens with one attached hydrogen (secondary N) is 2. The highest BCUT2D eigenvalue weighted by Gasteiger charge is 2.39. The van der Waals surface area contributed by atoms with Gasteiger partial charge in [0.05, 0.1) is 17.4 Å². The Hall–Kier alpha value is -4.41. The average Bonchev–Trinajstić information content (AvgIpc) is 3.44. The number of piperidine rings is 1. The molecule has 1 saturated heterocycles. The Morgan fingerprint density at radius 3 is 2.72 bits per heavy atom. The van der Waals surface area contributed by atoms with Crippen molar-refractivity contribution in [2.45, 2.75) is 44.8 Å². The summed E-state index contributed by atoms with van der Waals surface area (Å²) in [5.74, 6) is -1.96. The summed E-state index contributed by atoms with van der Waals surface area (Å²) in [7, 11) is 0. The molecule has 3 aromatic rings. The van der Waals surface area contributed by atoms with Crippen molar-refractivity contribution in [1.82, 2.24) is 30.5 Å². The quantitative estimate of drug-likeness (QED) is 0.526. The normalized spacial score (nSPS) is 17.7. The fourth-order valence-electron chi connectivity index (χ4n) is 4.49. The van der Waals surface area contributed by atoms with Crippen molar-refractivity contribution in [3.05, 3.63) is 76.9 Å². The third-order valence-corrected chi connectivity index (χ3v) is 6.47. The lowest BCUT2D eigenvalue weighted by atomic mass is 9.94. The lowest BCUT2D eigenvalue weighted by Gasteiger charge is -2.29. The summed E-state index contributed by atoms with van der Waals surface area (Å²) in [6, 6.07) is 10.4. The molecule has 184 valence electrons. The van der Waals surface area contributed by atoms with E-state index in [4.69, 9.17) is 0 Å². The van der Waals surface area contributed by atoms with E-state index in [-0.39, 0.29) is 36.9 Å². The van der Waals surface area contributed by atoms with Crippen LogP contribution in [0.4, 0.5) is 4.39 Å². The van der Waals surface area contributed by atoms with Crippen molar-refractivity contribution >= 4 is 23.6 Å². The van der Waals surface area contributed by atoms with Crippen LogP contribution in [0, 0.1) is 5.82 Å². The Bertz CT molecular complexity index is 1420. The van der Waals surface area contributed by atoms with E-state index in [1.165, 1.54) is 27.9 Å². The SMILES string of the molecule is CC(C)(NC(=O)c1cn(-c2ccc3c(c2)CN(C2CCC(=O)NC2=O)C3=O)nn1)c1cccc(F)c1. The molecule has 0 aliphatic carbocycles. The van der Waals surface area contributed by atoms with Crippen molar-refractivity contribution in [2.24, 2.45) is 0 Å². The van der Waals surface area contributed by atoms with E-state index >= 15 is 0 Å². The fraction of sp³-hybridized carbons (Fsp3) is 0.280. The van der Waals surface area contributed by atoms with Gasteiger partial charge in [0.2, 0.25) is 11.8 Å². The van der Waals surface area contributed by atoms with Crippen LogP contribution < -0.4 is 10.6 Å². The molecule has 1 fully saturated rings. The van der Waals surface area contributed by atoms with Crippen LogP contribution in [0.1, 0.15) is 58.7 Å². The second-order valence-electron chi connectivity index (χ2n) is 9.38. The molecule has 2 aliphatic heterocycles. The fourth-order valence-corrected chi connectivity index (χ4v) is 4.49. The molecule has 0 saturated carbocycles. The van der Waals surface area contributed by atoms with Crippen molar-refractivity contribution in [2.75, 3.05) is 0 Å². The third kappa shape index (κ3) is 4.23. The summed E-state index contributed by atoms with van der Waals surface area (Å²) in [5, 5.41) is 13.1. The maximum atomic E-state index is 13.6. The van der Waals surface area contributed by atoms with Gasteiger partial charge in [0.15, 0.2) is 5.69 Å². The molecule has 0 radical (unpaired) electrons. The van der Waals surface area contributed by atoms with Crippen molar-refractivity contribution < 1.29 is 23.6 Å². The first-order chi connectivity index (χ1) is 17.1. The van der Waals surface area contributed by atoms with Gasteiger partial charge in [-0.05, 0) is 61.7 Å². The van der Waals surface area contributed by atoms with Crippen molar-refractivity contribution in [3.8, 4) is 5.69 Å². The number of hydrogen-bond acceptors (Lipinski definition) is 6. The van der Waals surface area contributed by atoms with Gasteiger partial charge in [0.1, 0.15) is 11.9 Å². The molecule has 1 unspecified atom stereocenters. The monoisotopic (exact) mass is 490 g/mol. The van der Waals surface area contributed by atoms with Crippen LogP contribution in [0.5, 0.6) is 0 Å². The first-order valence-electron chi connectivity index (χ1n) is 11.4. The number of carbonyl (C=O) groups excluding carboxylic acids is 4. The number of hydrogen-bond donors (Lipinski definition) is 2. The van der Waals surface area contributed by atoms with E-state index in [0.29, 0.717) is 22.4 Å². The van der Waals surface area contributed by atoms with E-state index in [0.717, 1.165) is 0 Å². The summed E-state index contributed by atoms with van der Waals surface area (Å²) in [6.45, 7) is 3.74. The number of fused-ring (bicyclic) bond motifs is 1. The number of aromatic nitrogens is 3. The van der Waals surface area contributed by atoms with Gasteiger partial charge >= 0.3 is 0 Å². The second-order valence-corrected chi connectivity index (χ2v) is 9.38. The van der Waals surface area contributed by atoms with E-state index in [2.05, 4.69) is 20.9 Å². The Balaban J connectivity index is 1.32. The predicted octanol–water partition coefficient (Wildman–Crippen LogP) is 1.83. The van der Waals surface area contributed by atoms with E-state index < -0.39 is 29.2 Å². The molecule has 3 heterocycles. The molecule has 0 bridgehead atoms. The minimum atomic E-state index is -0.851. The number of imide groups is 1. The maximum Gasteiger partial charge on any atom is 0.274 e. The number of benzene rings is 2. The van der Waals surface area contributed by atoms with Gasteiger partial charge in [-0.2, -0.15) is 0 Å². The molecule has 2 N–H and O–H groups in total. The van der Waals surface area contributed by atoms with Crippen LogP contribution in [-0.2, 0) is 21.7 Å². The van der Waals surface area contributed by atoms with Gasteiger partial charge in [-0.3, -0.25) is 24.5 Å². The number of nitrogens with zero attached hydrogens (tertiary/aromatic N) is 4. The number of amides is 4. The highest BCUT2D eigenvalue weighted by atomic mass is 19.1. The summed E-state index contributed by atoms with van der Waals surface area (Å²) < 4.78 is 15.1. The molecule has 2 aliphatic rings. The Kier molecular flexibility index (Phi) is 5.62. The first kappa shape index (κ1) is 23.3. The van der Waals surface area contributed by atoms with E-state index in [1.807, 2.05) is 0 Å². The predicted molar refractivity (Wildman–Crippen MR) is 124 cm³/mol. The molecule has 2 aromatic carbocycles. The smallest absolute Gasteiger partial charge is 0.274 e. The second kappa shape index (κ2) is 8.67. The zero-order chi connectivity index (χ0) is 25.6. The highest BCUT2D eigenvalue weighted by Crippen LogP contribution is 2.29. The minimum absolute atomic E-state index is 0.0706. The van der Waals surface area contributed by atoms with Gasteiger partial charge in [0.25, 0.3) is 11.8 Å². The first-order valence-corrected chi connectivity index (χ1v) is 11.4. The Labute approximate surface area is 205 Å². The van der Waals surface area contributed by atoms with Gasteiger partial charge in [0, 0.05) is 18.5 Å². The van der Waals surface area contributed by atoms with E-state index in [1.54, 1.807) is 44.2 Å². The third-order valence-electron chi connectivity index (χ3n) is 6.47. The van der Waals surface area contributed by atoms with Crippen molar-refractivity contribution in [1.29, 1.82) is 0 Å². The zero-order valence-electron chi connectivity index (χ0n) is 19.6. The molecule has 1 aromatic heterocycles. The summed E-state index contributed by atoms with van der Waals surface area (Å²) in [6.07, 6.45) is 1.93. The molecule has 1 atom stereocenters. The Morgan fingerprint density at radius 1 is 1.17 bits per heavy atom. The standard InChI is InChI=1S/C25H23FN6O4/c1-25(2,15-4-3-5-16(26)11-15)28-22(34)19-13-32(30-29-19)17-6-7-18-14(10-17)12-31(24(18)36)20-8-9-21(33)27-23(20)35/h3-7,10-11,13,20H,8-9,12H2,1-2H3,(H,28,34)(H,27,33,35). The average molecular weight is 490 g/mol. The lowest BCUT2D eigenvalue weighted by Crippen LogP contribution is -2.52. The van der Waals surface area contributed by atoms with Crippen LogP contribution in [0.15, 0.2) is 48.7 Å². The molecular formula is C25H23FN6O4. The van der Waals surface area contributed by atoms with Crippen LogP contribution in [0.25, 0.3) is 5.69 Å². The van der Waals surface area contributed by atoms with Gasteiger partial charge in [-0.25, -0.2) is 9.07 Å². The van der Waals surface area contributed by atoms with Crippen molar-refractivity contribution in [3.63, 3.8) is 0 Å².